The Labute approximate surface area is 101 Å². The van der Waals surface area contributed by atoms with Gasteiger partial charge < -0.3 is 19.8 Å². The van der Waals surface area contributed by atoms with Gasteiger partial charge in [-0.2, -0.15) is 0 Å². The van der Waals surface area contributed by atoms with Crippen molar-refractivity contribution >= 4 is 11.9 Å². The Bertz CT molecular complexity index is 80.0. The van der Waals surface area contributed by atoms with Crippen molar-refractivity contribution in [1.29, 1.82) is 0 Å². The molecule has 0 radical (unpaired) electrons. The van der Waals surface area contributed by atoms with E-state index in [1.54, 1.807) is 0 Å². The van der Waals surface area contributed by atoms with Gasteiger partial charge in [-0.15, -0.1) is 0 Å². The fourth-order valence-electron chi connectivity index (χ4n) is 0. The SMILES string of the molecule is O=C([O-])C(=O)[O-].[K+].[Zn+2]. The second kappa shape index (κ2) is 8.20. The quantitative estimate of drug-likeness (QED) is 0.282. The Balaban J connectivity index is -0.000000125. The van der Waals surface area contributed by atoms with E-state index in [-0.39, 0.29) is 70.9 Å². The maximum Gasteiger partial charge on any atom is 2.00 e. The van der Waals surface area contributed by atoms with E-state index in [1.165, 1.54) is 0 Å². The molecule has 0 N–H and O–H groups in total. The van der Waals surface area contributed by atoms with E-state index < -0.39 is 11.9 Å². The number of aliphatic carboxylic acids is 2. The summed E-state index contributed by atoms with van der Waals surface area (Å²) in [6, 6.07) is 0. The Morgan fingerprint density at radius 2 is 1.12 bits per heavy atom. The minimum absolute atomic E-state index is 0. The second-order valence-electron chi connectivity index (χ2n) is 0.575. The smallest absolute Gasteiger partial charge is 0.543 e. The van der Waals surface area contributed by atoms with Crippen molar-refractivity contribution in [2.75, 3.05) is 0 Å². The van der Waals surface area contributed by atoms with Crippen LogP contribution in [0.5, 0.6) is 0 Å². The van der Waals surface area contributed by atoms with E-state index in [4.69, 9.17) is 19.8 Å². The number of hydrogen-bond acceptors (Lipinski definition) is 4. The van der Waals surface area contributed by atoms with Crippen molar-refractivity contribution < 1.29 is 90.7 Å². The van der Waals surface area contributed by atoms with E-state index in [2.05, 4.69) is 0 Å². The summed E-state index contributed by atoms with van der Waals surface area (Å²) >= 11 is 0. The first kappa shape index (κ1) is 16.1. The van der Waals surface area contributed by atoms with Crippen molar-refractivity contribution in [2.24, 2.45) is 0 Å². The van der Waals surface area contributed by atoms with Gasteiger partial charge in [0.25, 0.3) is 0 Å². The summed E-state index contributed by atoms with van der Waals surface area (Å²) < 4.78 is 0. The fourth-order valence-corrected chi connectivity index (χ4v) is 0. The van der Waals surface area contributed by atoms with Gasteiger partial charge in [-0.3, -0.25) is 0 Å². The van der Waals surface area contributed by atoms with E-state index in [9.17, 15) is 0 Å². The van der Waals surface area contributed by atoms with E-state index >= 15 is 0 Å². The van der Waals surface area contributed by atoms with Crippen molar-refractivity contribution in [3.8, 4) is 0 Å². The molecule has 0 aliphatic rings. The van der Waals surface area contributed by atoms with Gasteiger partial charge in [0.05, 0.1) is 11.9 Å². The van der Waals surface area contributed by atoms with Gasteiger partial charge in [0.15, 0.2) is 0 Å². The summed E-state index contributed by atoms with van der Waals surface area (Å²) in [5.74, 6) is -4.37. The van der Waals surface area contributed by atoms with Gasteiger partial charge in [-0.25, -0.2) is 0 Å². The maximum atomic E-state index is 8.93. The molecule has 0 spiro atoms. The van der Waals surface area contributed by atoms with Gasteiger partial charge in [0.2, 0.25) is 0 Å². The Morgan fingerprint density at radius 3 is 1.12 bits per heavy atom. The van der Waals surface area contributed by atoms with Crippen LogP contribution in [0.2, 0.25) is 0 Å². The van der Waals surface area contributed by atoms with Crippen LogP contribution in [-0.4, -0.2) is 11.9 Å². The van der Waals surface area contributed by atoms with E-state index in [0.717, 1.165) is 0 Å². The summed E-state index contributed by atoms with van der Waals surface area (Å²) in [4.78, 5) is 17.9. The molecule has 0 saturated carbocycles. The van der Waals surface area contributed by atoms with Crippen LogP contribution in [0.3, 0.4) is 0 Å². The molecule has 0 amide bonds. The van der Waals surface area contributed by atoms with E-state index in [0.29, 0.717) is 0 Å². The molecule has 0 aliphatic heterocycles. The molecule has 8 heavy (non-hydrogen) atoms. The molecule has 0 rings (SSSR count). The normalized spacial score (nSPS) is 5.50. The van der Waals surface area contributed by atoms with E-state index in [1.807, 2.05) is 0 Å². The monoisotopic (exact) mass is 191 g/mol. The summed E-state index contributed by atoms with van der Waals surface area (Å²) in [6.07, 6.45) is 0. The largest absolute Gasteiger partial charge is 2.00 e. The Kier molecular flexibility index (Phi) is 16.5. The first-order chi connectivity index (χ1) is 2.64. The minimum Gasteiger partial charge on any atom is -0.543 e. The van der Waals surface area contributed by atoms with Gasteiger partial charge in [0, 0.05) is 0 Å². The fraction of sp³-hybridized carbons (Fsp3) is 0. The zero-order valence-corrected chi connectivity index (χ0v) is 10.4. The molecule has 0 bridgehead atoms. The molecule has 0 aromatic rings. The van der Waals surface area contributed by atoms with Crippen LogP contribution in [0.1, 0.15) is 0 Å². The average Bonchev–Trinajstić information content (AvgIpc) is 1.36. The average molecular weight is 193 g/mol. The number of carbonyl (C=O) groups excluding carboxylic acids is 2. The number of carbonyl (C=O) groups is 2. The van der Waals surface area contributed by atoms with Crippen molar-refractivity contribution in [1.82, 2.24) is 0 Å². The third-order valence-corrected chi connectivity index (χ3v) is 0.167. The van der Waals surface area contributed by atoms with Crippen LogP contribution in [0, 0.1) is 0 Å². The zero-order chi connectivity index (χ0) is 5.15. The predicted octanol–water partition coefficient (Wildman–Crippen LogP) is -6.51. The van der Waals surface area contributed by atoms with Crippen LogP contribution in [0.25, 0.3) is 0 Å². The molecule has 6 heteroatoms. The molecule has 0 aliphatic carbocycles. The number of rotatable bonds is 0. The molecule has 0 atom stereocenters. The molecule has 0 unspecified atom stereocenters. The van der Waals surface area contributed by atoms with Gasteiger partial charge >= 0.3 is 70.9 Å². The van der Waals surface area contributed by atoms with Gasteiger partial charge in [-0.1, -0.05) is 0 Å². The Morgan fingerprint density at radius 1 is 1.00 bits per heavy atom. The van der Waals surface area contributed by atoms with Crippen LogP contribution in [0.4, 0.5) is 0 Å². The van der Waals surface area contributed by atoms with Gasteiger partial charge in [-0.05, 0) is 0 Å². The molecule has 0 aromatic carbocycles. The molecule has 0 aromatic heterocycles. The maximum absolute atomic E-state index is 8.93. The summed E-state index contributed by atoms with van der Waals surface area (Å²) in [6.45, 7) is 0. The van der Waals surface area contributed by atoms with Crippen LogP contribution < -0.4 is 61.6 Å². The first-order valence-corrected chi connectivity index (χ1v) is 1.07. The minimum atomic E-state index is -2.19. The second-order valence-corrected chi connectivity index (χ2v) is 0.575. The summed E-state index contributed by atoms with van der Waals surface area (Å²) in [7, 11) is 0. The van der Waals surface area contributed by atoms with Gasteiger partial charge in [0.1, 0.15) is 0 Å². The van der Waals surface area contributed by atoms with Crippen molar-refractivity contribution in [3.05, 3.63) is 0 Å². The summed E-state index contributed by atoms with van der Waals surface area (Å²) in [5, 5.41) is 17.9. The Hall–Kier alpha value is 1.20. The molecule has 0 heterocycles. The first-order valence-electron chi connectivity index (χ1n) is 1.07. The molecule has 34 valence electrons. The molecule has 0 fully saturated rings. The third-order valence-electron chi connectivity index (χ3n) is 0.167. The number of carboxylic acid groups (broad SMARTS) is 2. The van der Waals surface area contributed by atoms with Crippen LogP contribution >= 0.6 is 0 Å². The molecular weight excluding hydrogens is 193 g/mol. The molecule has 4 nitrogen and oxygen atoms in total. The standard InChI is InChI=1S/C2H2O4.K.Zn/c3-1(4)2(5)6;;/h(H,3,4)(H,5,6);;/q;+1;+2/p-2. The topological polar surface area (TPSA) is 80.3 Å². The summed E-state index contributed by atoms with van der Waals surface area (Å²) in [5.41, 5.74) is 0. The predicted molar refractivity (Wildman–Crippen MR) is 10.0 cm³/mol. The number of hydrogen-bond donors (Lipinski definition) is 0. The number of carboxylic acids is 2. The zero-order valence-electron chi connectivity index (χ0n) is 4.34. The van der Waals surface area contributed by atoms with Crippen molar-refractivity contribution in [2.45, 2.75) is 0 Å². The third kappa shape index (κ3) is 10.2. The van der Waals surface area contributed by atoms with Crippen LogP contribution in [-0.2, 0) is 29.1 Å². The molecular formula is C2KO4Zn+. The van der Waals surface area contributed by atoms with Crippen molar-refractivity contribution in [3.63, 3.8) is 0 Å². The van der Waals surface area contributed by atoms with Crippen LogP contribution in [0.15, 0.2) is 0 Å². The molecule has 0 saturated heterocycles.